The lowest BCUT2D eigenvalue weighted by Crippen LogP contribution is -2.31. The van der Waals surface area contributed by atoms with Gasteiger partial charge in [0.25, 0.3) is 11.8 Å². The van der Waals surface area contributed by atoms with E-state index in [4.69, 9.17) is 9.47 Å². The molecule has 0 bridgehead atoms. The van der Waals surface area contributed by atoms with Gasteiger partial charge in [-0.25, -0.2) is 4.79 Å². The Labute approximate surface area is 171 Å². The number of halogens is 1. The van der Waals surface area contributed by atoms with Gasteiger partial charge in [0.15, 0.2) is 6.61 Å². The molecule has 28 heavy (non-hydrogen) atoms. The van der Waals surface area contributed by atoms with Crippen molar-refractivity contribution in [2.24, 2.45) is 0 Å². The van der Waals surface area contributed by atoms with Crippen molar-refractivity contribution in [3.63, 3.8) is 0 Å². The summed E-state index contributed by atoms with van der Waals surface area (Å²) in [4.78, 5) is 37.7. The summed E-state index contributed by atoms with van der Waals surface area (Å²) in [5, 5.41) is 0. The zero-order valence-corrected chi connectivity index (χ0v) is 17.2. The monoisotopic (exact) mass is 445 g/mol. The van der Waals surface area contributed by atoms with Gasteiger partial charge in [-0.3, -0.25) is 14.5 Å². The summed E-state index contributed by atoms with van der Waals surface area (Å²) in [6, 6.07) is 10.7. The smallest absolute Gasteiger partial charge is 0.344 e. The standard InChI is InChI=1S/C21H20BrNO5/c1-13-4-7-18(14(2)10-13)28-12-19(24)27-9-3-8-23-20(25)16-6-5-15(22)11-17(16)21(23)26/h4-7,10-11H,3,8-9,12H2,1-2H3. The molecule has 1 aliphatic rings. The zero-order chi connectivity index (χ0) is 20.3. The Balaban J connectivity index is 1.43. The summed E-state index contributed by atoms with van der Waals surface area (Å²) in [5.74, 6) is -0.506. The van der Waals surface area contributed by atoms with Crippen molar-refractivity contribution in [2.45, 2.75) is 20.3 Å². The van der Waals surface area contributed by atoms with Crippen LogP contribution in [0.1, 0.15) is 38.3 Å². The van der Waals surface area contributed by atoms with E-state index in [1.807, 2.05) is 32.0 Å². The second-order valence-corrected chi connectivity index (χ2v) is 7.50. The molecule has 0 saturated heterocycles. The Morgan fingerprint density at radius 1 is 1.04 bits per heavy atom. The molecule has 7 heteroatoms. The lowest BCUT2D eigenvalue weighted by atomic mass is 10.1. The molecule has 2 amide bonds. The fourth-order valence-electron chi connectivity index (χ4n) is 3.01. The van der Waals surface area contributed by atoms with E-state index in [-0.39, 0.29) is 31.6 Å². The number of esters is 1. The molecule has 0 N–H and O–H groups in total. The number of amides is 2. The maximum atomic E-state index is 12.4. The van der Waals surface area contributed by atoms with Crippen LogP contribution in [-0.4, -0.2) is 42.4 Å². The van der Waals surface area contributed by atoms with Gasteiger partial charge < -0.3 is 9.47 Å². The van der Waals surface area contributed by atoms with E-state index in [1.165, 1.54) is 4.90 Å². The molecule has 0 atom stereocenters. The average molecular weight is 446 g/mol. The second-order valence-electron chi connectivity index (χ2n) is 6.58. The predicted molar refractivity (Wildman–Crippen MR) is 106 cm³/mol. The van der Waals surface area contributed by atoms with Gasteiger partial charge in [0.05, 0.1) is 17.7 Å². The predicted octanol–water partition coefficient (Wildman–Crippen LogP) is 3.67. The minimum absolute atomic E-state index is 0.103. The van der Waals surface area contributed by atoms with Crippen molar-refractivity contribution in [1.82, 2.24) is 4.90 Å². The number of hydrogen-bond donors (Lipinski definition) is 0. The second kappa shape index (κ2) is 8.56. The average Bonchev–Trinajstić information content (AvgIpc) is 2.88. The molecule has 0 radical (unpaired) electrons. The summed E-state index contributed by atoms with van der Waals surface area (Å²) in [7, 11) is 0. The van der Waals surface area contributed by atoms with Crippen LogP contribution in [0.2, 0.25) is 0 Å². The zero-order valence-electron chi connectivity index (χ0n) is 15.7. The molecule has 1 aliphatic heterocycles. The number of nitrogens with zero attached hydrogens (tertiary/aromatic N) is 1. The molecule has 0 aromatic heterocycles. The normalized spacial score (nSPS) is 12.9. The van der Waals surface area contributed by atoms with Gasteiger partial charge in [-0.05, 0) is 50.1 Å². The Bertz CT molecular complexity index is 940. The van der Waals surface area contributed by atoms with E-state index in [0.29, 0.717) is 23.3 Å². The molecule has 0 saturated carbocycles. The van der Waals surface area contributed by atoms with Crippen LogP contribution >= 0.6 is 15.9 Å². The number of carbonyl (C=O) groups is 3. The van der Waals surface area contributed by atoms with E-state index in [2.05, 4.69) is 15.9 Å². The van der Waals surface area contributed by atoms with Gasteiger partial charge in [0.2, 0.25) is 0 Å². The Kier molecular flexibility index (Phi) is 6.14. The highest BCUT2D eigenvalue weighted by molar-refractivity contribution is 9.10. The van der Waals surface area contributed by atoms with Gasteiger partial charge in [-0.15, -0.1) is 0 Å². The third kappa shape index (κ3) is 4.42. The van der Waals surface area contributed by atoms with Crippen LogP contribution in [0.5, 0.6) is 5.75 Å². The number of hydrogen-bond acceptors (Lipinski definition) is 5. The Hall–Kier alpha value is -2.67. The summed E-state index contributed by atoms with van der Waals surface area (Å²) < 4.78 is 11.3. The molecule has 1 heterocycles. The van der Waals surface area contributed by atoms with Gasteiger partial charge in [0.1, 0.15) is 5.75 Å². The van der Waals surface area contributed by atoms with E-state index in [9.17, 15) is 14.4 Å². The van der Waals surface area contributed by atoms with Crippen LogP contribution in [0.15, 0.2) is 40.9 Å². The number of aryl methyl sites for hydroxylation is 2. The molecule has 0 spiro atoms. The molecule has 2 aromatic rings. The number of imide groups is 1. The van der Waals surface area contributed by atoms with E-state index in [0.717, 1.165) is 15.6 Å². The van der Waals surface area contributed by atoms with Crippen LogP contribution in [0, 0.1) is 13.8 Å². The molecule has 0 unspecified atom stereocenters. The Morgan fingerprint density at radius 3 is 2.54 bits per heavy atom. The van der Waals surface area contributed by atoms with Crippen molar-refractivity contribution in [3.8, 4) is 5.75 Å². The van der Waals surface area contributed by atoms with Crippen molar-refractivity contribution in [3.05, 3.63) is 63.1 Å². The molecule has 0 aliphatic carbocycles. The summed E-state index contributed by atoms with van der Waals surface area (Å²) in [6.45, 7) is 4.00. The Morgan fingerprint density at radius 2 is 1.79 bits per heavy atom. The number of benzene rings is 2. The van der Waals surface area contributed by atoms with Gasteiger partial charge in [0, 0.05) is 11.0 Å². The molecule has 0 fully saturated rings. The first kappa shape index (κ1) is 20.1. The third-order valence-corrected chi connectivity index (χ3v) is 4.89. The highest BCUT2D eigenvalue weighted by atomic mass is 79.9. The minimum Gasteiger partial charge on any atom is -0.482 e. The van der Waals surface area contributed by atoms with Crippen molar-refractivity contribution < 1.29 is 23.9 Å². The largest absolute Gasteiger partial charge is 0.482 e. The molecule has 2 aromatic carbocycles. The highest BCUT2D eigenvalue weighted by Gasteiger charge is 2.35. The number of rotatable bonds is 7. The van der Waals surface area contributed by atoms with Gasteiger partial charge in [-0.2, -0.15) is 0 Å². The van der Waals surface area contributed by atoms with Crippen molar-refractivity contribution >= 4 is 33.7 Å². The first-order chi connectivity index (χ1) is 13.4. The highest BCUT2D eigenvalue weighted by Crippen LogP contribution is 2.26. The molecule has 6 nitrogen and oxygen atoms in total. The van der Waals surface area contributed by atoms with Crippen LogP contribution < -0.4 is 4.74 Å². The minimum atomic E-state index is -0.494. The summed E-state index contributed by atoms with van der Waals surface area (Å²) in [6.07, 6.45) is 0.363. The van der Waals surface area contributed by atoms with Crippen molar-refractivity contribution in [1.29, 1.82) is 0 Å². The quantitative estimate of drug-likeness (QED) is 0.369. The van der Waals surface area contributed by atoms with Crippen LogP contribution in [0.4, 0.5) is 0 Å². The van der Waals surface area contributed by atoms with Crippen LogP contribution in [-0.2, 0) is 9.53 Å². The lowest BCUT2D eigenvalue weighted by Gasteiger charge is -2.14. The SMILES string of the molecule is Cc1ccc(OCC(=O)OCCCN2C(=O)c3ccc(Br)cc3C2=O)c(C)c1. The first-order valence-electron chi connectivity index (χ1n) is 8.88. The van der Waals surface area contributed by atoms with Crippen molar-refractivity contribution in [2.75, 3.05) is 19.8 Å². The van der Waals surface area contributed by atoms with Crippen LogP contribution in [0.25, 0.3) is 0 Å². The molecular formula is C21H20BrNO5. The number of ether oxygens (including phenoxy) is 2. The van der Waals surface area contributed by atoms with Gasteiger partial charge >= 0.3 is 5.97 Å². The summed E-state index contributed by atoms with van der Waals surface area (Å²) >= 11 is 3.30. The topological polar surface area (TPSA) is 72.9 Å². The maximum absolute atomic E-state index is 12.4. The van der Waals surface area contributed by atoms with Crippen LogP contribution in [0.3, 0.4) is 0 Å². The van der Waals surface area contributed by atoms with E-state index in [1.54, 1.807) is 18.2 Å². The fraction of sp³-hybridized carbons (Fsp3) is 0.286. The summed E-state index contributed by atoms with van der Waals surface area (Å²) in [5.41, 5.74) is 2.85. The molecule has 146 valence electrons. The van der Waals surface area contributed by atoms with E-state index >= 15 is 0 Å². The third-order valence-electron chi connectivity index (χ3n) is 4.40. The first-order valence-corrected chi connectivity index (χ1v) is 9.67. The number of fused-ring (bicyclic) bond motifs is 1. The van der Waals surface area contributed by atoms with Gasteiger partial charge in [-0.1, -0.05) is 33.6 Å². The van der Waals surface area contributed by atoms with E-state index < -0.39 is 5.97 Å². The lowest BCUT2D eigenvalue weighted by molar-refractivity contribution is -0.146. The molecule has 3 rings (SSSR count). The molecular weight excluding hydrogens is 426 g/mol. The fourth-order valence-corrected chi connectivity index (χ4v) is 3.38. The maximum Gasteiger partial charge on any atom is 0.344 e. The number of carbonyl (C=O) groups excluding carboxylic acids is 3.